The molecule has 1 aliphatic heterocycles. The maximum Gasteiger partial charge on any atom is 0.329 e. The smallest absolute Gasteiger partial charge is 0.329 e. The SMILES string of the molecule is COC(=O)[C@H]1Cc2ncn(Cc3ccccc3)c2CN1C(=O)c1ccc(C#N)cc1. The van der Waals surface area contributed by atoms with Crippen LogP contribution in [-0.2, 0) is 29.0 Å². The third-order valence-corrected chi connectivity index (χ3v) is 5.31. The van der Waals surface area contributed by atoms with Crippen LogP contribution in [0.4, 0.5) is 0 Å². The topological polar surface area (TPSA) is 88.2 Å². The summed E-state index contributed by atoms with van der Waals surface area (Å²) in [6.45, 7) is 0.881. The largest absolute Gasteiger partial charge is 0.467 e. The number of methoxy groups -OCH3 is 1. The Labute approximate surface area is 174 Å². The second kappa shape index (κ2) is 8.21. The standard InChI is InChI=1S/C23H20N4O3/c1-30-23(29)20-11-19-21(26(15-25-19)13-17-5-3-2-4-6-17)14-27(20)22(28)18-9-7-16(12-24)8-10-18/h2-10,15,20H,11,13-14H2,1H3/t20-/m1/s1. The number of hydrogen-bond donors (Lipinski definition) is 0. The summed E-state index contributed by atoms with van der Waals surface area (Å²) in [4.78, 5) is 31.7. The van der Waals surface area contributed by atoms with Gasteiger partial charge >= 0.3 is 5.97 Å². The van der Waals surface area contributed by atoms with Crippen molar-refractivity contribution in [1.82, 2.24) is 14.5 Å². The van der Waals surface area contributed by atoms with Crippen molar-refractivity contribution < 1.29 is 14.3 Å². The van der Waals surface area contributed by atoms with Gasteiger partial charge in [-0.3, -0.25) is 4.79 Å². The number of nitriles is 1. The van der Waals surface area contributed by atoms with E-state index in [2.05, 4.69) is 4.98 Å². The number of benzene rings is 2. The molecule has 0 radical (unpaired) electrons. The highest BCUT2D eigenvalue weighted by Crippen LogP contribution is 2.26. The van der Waals surface area contributed by atoms with Gasteiger partial charge in [-0.15, -0.1) is 0 Å². The van der Waals surface area contributed by atoms with Crippen molar-refractivity contribution in [2.45, 2.75) is 25.6 Å². The summed E-state index contributed by atoms with van der Waals surface area (Å²) in [7, 11) is 1.32. The Morgan fingerprint density at radius 2 is 1.90 bits per heavy atom. The lowest BCUT2D eigenvalue weighted by molar-refractivity contribution is -0.146. The summed E-state index contributed by atoms with van der Waals surface area (Å²) in [5.74, 6) is -0.756. The van der Waals surface area contributed by atoms with Gasteiger partial charge in [0, 0.05) is 18.5 Å². The molecule has 0 bridgehead atoms. The molecule has 4 rings (SSSR count). The average molecular weight is 400 g/mol. The van der Waals surface area contributed by atoms with Crippen molar-refractivity contribution in [3.05, 3.63) is 89.0 Å². The predicted molar refractivity (Wildman–Crippen MR) is 108 cm³/mol. The minimum atomic E-state index is -0.745. The van der Waals surface area contributed by atoms with E-state index in [0.717, 1.165) is 17.0 Å². The van der Waals surface area contributed by atoms with Crippen LogP contribution in [0.25, 0.3) is 0 Å². The van der Waals surface area contributed by atoms with E-state index in [1.165, 1.54) is 12.0 Å². The van der Waals surface area contributed by atoms with Gasteiger partial charge in [0.2, 0.25) is 0 Å². The number of ether oxygens (including phenoxy) is 1. The van der Waals surface area contributed by atoms with Crippen molar-refractivity contribution in [2.75, 3.05) is 7.11 Å². The van der Waals surface area contributed by atoms with E-state index in [-0.39, 0.29) is 12.5 Å². The van der Waals surface area contributed by atoms with Crippen LogP contribution in [0.5, 0.6) is 0 Å². The summed E-state index contributed by atoms with van der Waals surface area (Å²) >= 11 is 0. The molecule has 0 N–H and O–H groups in total. The first-order chi connectivity index (χ1) is 14.6. The van der Waals surface area contributed by atoms with Gasteiger partial charge in [-0.1, -0.05) is 30.3 Å². The molecule has 1 aliphatic rings. The summed E-state index contributed by atoms with van der Waals surface area (Å²) in [6.07, 6.45) is 2.05. The first kappa shape index (κ1) is 19.4. The molecule has 1 atom stereocenters. The maximum absolute atomic E-state index is 13.2. The zero-order valence-corrected chi connectivity index (χ0v) is 16.5. The highest BCUT2D eigenvalue weighted by atomic mass is 16.5. The quantitative estimate of drug-likeness (QED) is 0.628. The van der Waals surface area contributed by atoms with Gasteiger partial charge in [0.05, 0.1) is 43.0 Å². The van der Waals surface area contributed by atoms with Crippen LogP contribution in [-0.4, -0.2) is 39.5 Å². The molecule has 0 unspecified atom stereocenters. The van der Waals surface area contributed by atoms with Crippen LogP contribution in [0, 0.1) is 11.3 Å². The second-order valence-electron chi connectivity index (χ2n) is 7.12. The number of carbonyl (C=O) groups is 2. The lowest BCUT2D eigenvalue weighted by Gasteiger charge is -2.34. The molecule has 3 aromatic rings. The van der Waals surface area contributed by atoms with Crippen LogP contribution >= 0.6 is 0 Å². The van der Waals surface area contributed by atoms with E-state index in [0.29, 0.717) is 24.1 Å². The number of hydrogen-bond acceptors (Lipinski definition) is 5. The first-order valence-corrected chi connectivity index (χ1v) is 9.56. The van der Waals surface area contributed by atoms with E-state index < -0.39 is 12.0 Å². The predicted octanol–water partition coefficient (Wildman–Crippen LogP) is 2.54. The number of carbonyl (C=O) groups excluding carboxylic acids is 2. The Morgan fingerprint density at radius 3 is 2.57 bits per heavy atom. The van der Waals surface area contributed by atoms with Crippen molar-refractivity contribution in [1.29, 1.82) is 5.26 Å². The molecular weight excluding hydrogens is 380 g/mol. The highest BCUT2D eigenvalue weighted by molar-refractivity contribution is 5.97. The number of fused-ring (bicyclic) bond motifs is 1. The Hall–Kier alpha value is -3.92. The van der Waals surface area contributed by atoms with Gasteiger partial charge in [0.25, 0.3) is 5.91 Å². The van der Waals surface area contributed by atoms with Crippen LogP contribution in [0.2, 0.25) is 0 Å². The Bertz CT molecular complexity index is 1110. The molecule has 2 heterocycles. The molecule has 0 saturated heterocycles. The monoisotopic (exact) mass is 400 g/mol. The Morgan fingerprint density at radius 1 is 1.17 bits per heavy atom. The van der Waals surface area contributed by atoms with Crippen LogP contribution in [0.3, 0.4) is 0 Å². The van der Waals surface area contributed by atoms with Crippen molar-refractivity contribution in [2.24, 2.45) is 0 Å². The highest BCUT2D eigenvalue weighted by Gasteiger charge is 2.38. The fourth-order valence-corrected chi connectivity index (χ4v) is 3.70. The van der Waals surface area contributed by atoms with Gasteiger partial charge in [-0.05, 0) is 29.8 Å². The summed E-state index contributed by atoms with van der Waals surface area (Å²) < 4.78 is 6.96. The van der Waals surface area contributed by atoms with Crippen LogP contribution < -0.4 is 0 Å². The zero-order chi connectivity index (χ0) is 21.1. The van der Waals surface area contributed by atoms with Crippen LogP contribution in [0.1, 0.15) is 32.9 Å². The molecular formula is C23H20N4O3. The minimum absolute atomic E-state index is 0.251. The third-order valence-electron chi connectivity index (χ3n) is 5.31. The third kappa shape index (κ3) is 3.67. The molecule has 7 nitrogen and oxygen atoms in total. The van der Waals surface area contributed by atoms with E-state index in [9.17, 15) is 9.59 Å². The van der Waals surface area contributed by atoms with Gasteiger partial charge in [0.15, 0.2) is 0 Å². The minimum Gasteiger partial charge on any atom is -0.467 e. The van der Waals surface area contributed by atoms with Gasteiger partial charge in [0.1, 0.15) is 6.04 Å². The molecule has 0 saturated carbocycles. The number of nitrogens with zero attached hydrogens (tertiary/aromatic N) is 4. The second-order valence-corrected chi connectivity index (χ2v) is 7.12. The lowest BCUT2D eigenvalue weighted by atomic mass is 10.0. The fraction of sp³-hybridized carbons (Fsp3) is 0.217. The van der Waals surface area contributed by atoms with E-state index in [1.54, 1.807) is 30.6 Å². The maximum atomic E-state index is 13.2. The van der Waals surface area contributed by atoms with Gasteiger partial charge < -0.3 is 14.2 Å². The molecule has 7 heteroatoms. The van der Waals surface area contributed by atoms with Crippen molar-refractivity contribution >= 4 is 11.9 Å². The summed E-state index contributed by atoms with van der Waals surface area (Å²) in [5.41, 5.74) is 3.71. The molecule has 0 fully saturated rings. The van der Waals surface area contributed by atoms with E-state index in [4.69, 9.17) is 10.00 Å². The number of aromatic nitrogens is 2. The van der Waals surface area contributed by atoms with E-state index in [1.807, 2.05) is 41.0 Å². The number of esters is 1. The molecule has 0 aliphatic carbocycles. The number of amides is 1. The molecule has 1 amide bonds. The molecule has 0 spiro atoms. The Balaban J connectivity index is 1.66. The zero-order valence-electron chi connectivity index (χ0n) is 16.5. The van der Waals surface area contributed by atoms with Crippen LogP contribution in [0.15, 0.2) is 60.9 Å². The normalized spacial score (nSPS) is 15.2. The van der Waals surface area contributed by atoms with Crippen molar-refractivity contribution in [3.63, 3.8) is 0 Å². The van der Waals surface area contributed by atoms with Gasteiger partial charge in [-0.25, -0.2) is 9.78 Å². The fourth-order valence-electron chi connectivity index (χ4n) is 3.70. The average Bonchev–Trinajstić information content (AvgIpc) is 3.19. The molecule has 2 aromatic carbocycles. The number of rotatable bonds is 4. The summed E-state index contributed by atoms with van der Waals surface area (Å²) in [6, 6.07) is 17.7. The first-order valence-electron chi connectivity index (χ1n) is 9.56. The van der Waals surface area contributed by atoms with Crippen molar-refractivity contribution in [3.8, 4) is 6.07 Å². The number of imidazole rings is 1. The molecule has 1 aromatic heterocycles. The Kier molecular flexibility index (Phi) is 5.31. The van der Waals surface area contributed by atoms with Gasteiger partial charge in [-0.2, -0.15) is 5.26 Å². The molecule has 150 valence electrons. The lowest BCUT2D eigenvalue weighted by Crippen LogP contribution is -2.49. The summed E-state index contributed by atoms with van der Waals surface area (Å²) in [5, 5.41) is 8.98. The van der Waals surface area contributed by atoms with E-state index >= 15 is 0 Å². The molecule has 30 heavy (non-hydrogen) atoms.